The molecule has 1 heterocycles. The van der Waals surface area contributed by atoms with Crippen LogP contribution in [0.2, 0.25) is 0 Å². The molecule has 78 valence electrons. The van der Waals surface area contributed by atoms with Crippen molar-refractivity contribution in [2.75, 3.05) is 0 Å². The molecule has 0 saturated carbocycles. The Bertz CT molecular complexity index is 163. The zero-order valence-corrected chi connectivity index (χ0v) is 9.21. The van der Waals surface area contributed by atoms with Crippen LogP contribution in [0, 0.1) is 5.92 Å². The van der Waals surface area contributed by atoms with Gasteiger partial charge in [0.15, 0.2) is 0 Å². The maximum absolute atomic E-state index is 9.71. The van der Waals surface area contributed by atoms with E-state index in [4.69, 9.17) is 4.74 Å². The largest absolute Gasteiger partial charge is 0.390 e. The average Bonchev–Trinajstić information content (AvgIpc) is 2.59. The van der Waals surface area contributed by atoms with Crippen molar-refractivity contribution in [2.24, 2.45) is 5.92 Å². The molecule has 0 aliphatic carbocycles. The summed E-state index contributed by atoms with van der Waals surface area (Å²) in [4.78, 5) is 0. The lowest BCUT2D eigenvalue weighted by Gasteiger charge is -2.09. The summed E-state index contributed by atoms with van der Waals surface area (Å²) in [7, 11) is 0. The number of rotatable bonds is 5. The third-order valence-corrected chi connectivity index (χ3v) is 2.69. The highest BCUT2D eigenvalue weighted by molar-refractivity contribution is 4.99. The first-order valence-electron chi connectivity index (χ1n) is 5.29. The molecule has 1 N–H and O–H groups in total. The van der Waals surface area contributed by atoms with Gasteiger partial charge in [-0.3, -0.25) is 0 Å². The number of ether oxygens (including phenoxy) is 1. The molecule has 2 heteroatoms. The monoisotopic (exact) mass is 186 g/mol. The van der Waals surface area contributed by atoms with E-state index < -0.39 is 0 Å². The Labute approximate surface area is 81.3 Å². The molecule has 1 aliphatic rings. The van der Waals surface area contributed by atoms with Crippen LogP contribution in [0.4, 0.5) is 0 Å². The van der Waals surface area contributed by atoms with Gasteiger partial charge in [-0.25, -0.2) is 0 Å². The first kappa shape index (κ1) is 11.0. The maximum Gasteiger partial charge on any atom is 0.113 e. The smallest absolute Gasteiger partial charge is 0.113 e. The van der Waals surface area contributed by atoms with Crippen molar-refractivity contribution in [2.45, 2.75) is 64.8 Å². The Hall–Kier alpha value is -0.0800. The van der Waals surface area contributed by atoms with E-state index in [1.165, 1.54) is 6.42 Å². The number of aliphatic hydroxyl groups excluding tert-OH is 1. The SMILES string of the molecule is CC(C)CCC[C@H](O)C1OC1(C)C. The summed E-state index contributed by atoms with van der Waals surface area (Å²) >= 11 is 0. The molecule has 0 aromatic heterocycles. The summed E-state index contributed by atoms with van der Waals surface area (Å²) in [5.41, 5.74) is -0.0722. The molecule has 0 aromatic rings. The molecular formula is C11H22O2. The van der Waals surface area contributed by atoms with Crippen molar-refractivity contribution in [3.63, 3.8) is 0 Å². The van der Waals surface area contributed by atoms with Gasteiger partial charge in [0, 0.05) is 0 Å². The van der Waals surface area contributed by atoms with Crippen LogP contribution in [0.5, 0.6) is 0 Å². The van der Waals surface area contributed by atoms with E-state index in [0.29, 0.717) is 0 Å². The molecule has 1 aliphatic heterocycles. The van der Waals surface area contributed by atoms with E-state index in [9.17, 15) is 5.11 Å². The first-order chi connectivity index (χ1) is 5.93. The topological polar surface area (TPSA) is 32.8 Å². The van der Waals surface area contributed by atoms with E-state index in [2.05, 4.69) is 13.8 Å². The minimum Gasteiger partial charge on any atom is -0.390 e. The number of hydrogen-bond donors (Lipinski definition) is 1. The second-order valence-electron chi connectivity index (χ2n) is 5.03. The Kier molecular flexibility index (Phi) is 3.36. The fourth-order valence-electron chi connectivity index (χ4n) is 1.72. The molecule has 2 atom stereocenters. The van der Waals surface area contributed by atoms with Crippen LogP contribution in [0.1, 0.15) is 47.0 Å². The molecule has 0 aromatic carbocycles. The van der Waals surface area contributed by atoms with Crippen molar-refractivity contribution in [1.82, 2.24) is 0 Å². The van der Waals surface area contributed by atoms with Gasteiger partial charge in [-0.2, -0.15) is 0 Å². The second kappa shape index (κ2) is 3.97. The van der Waals surface area contributed by atoms with E-state index in [1.54, 1.807) is 0 Å². The number of epoxide rings is 1. The van der Waals surface area contributed by atoms with Gasteiger partial charge in [-0.05, 0) is 26.2 Å². The van der Waals surface area contributed by atoms with E-state index in [0.717, 1.165) is 18.8 Å². The lowest BCUT2D eigenvalue weighted by atomic mass is 9.99. The fraction of sp³-hybridized carbons (Fsp3) is 1.00. The lowest BCUT2D eigenvalue weighted by Crippen LogP contribution is -2.20. The Morgan fingerprint density at radius 1 is 1.31 bits per heavy atom. The van der Waals surface area contributed by atoms with Crippen molar-refractivity contribution in [1.29, 1.82) is 0 Å². The van der Waals surface area contributed by atoms with Crippen molar-refractivity contribution in [3.8, 4) is 0 Å². The zero-order valence-electron chi connectivity index (χ0n) is 9.21. The summed E-state index contributed by atoms with van der Waals surface area (Å²) in [6.45, 7) is 8.49. The fourth-order valence-corrected chi connectivity index (χ4v) is 1.72. The van der Waals surface area contributed by atoms with Crippen LogP contribution in [-0.4, -0.2) is 22.9 Å². The predicted octanol–water partition coefficient (Wildman–Crippen LogP) is 2.35. The second-order valence-corrected chi connectivity index (χ2v) is 5.03. The summed E-state index contributed by atoms with van der Waals surface area (Å²) in [5, 5.41) is 9.71. The summed E-state index contributed by atoms with van der Waals surface area (Å²) < 4.78 is 5.37. The van der Waals surface area contributed by atoms with Gasteiger partial charge in [0.25, 0.3) is 0 Å². The highest BCUT2D eigenvalue weighted by atomic mass is 16.6. The van der Waals surface area contributed by atoms with Crippen LogP contribution in [0.25, 0.3) is 0 Å². The molecule has 2 nitrogen and oxygen atoms in total. The number of aliphatic hydroxyl groups is 1. The summed E-state index contributed by atoms with van der Waals surface area (Å²) in [6.07, 6.45) is 3.01. The molecule has 0 amide bonds. The van der Waals surface area contributed by atoms with Crippen molar-refractivity contribution >= 4 is 0 Å². The molecule has 1 saturated heterocycles. The summed E-state index contributed by atoms with van der Waals surface area (Å²) in [5.74, 6) is 0.736. The van der Waals surface area contributed by atoms with Gasteiger partial charge in [0.05, 0.1) is 11.7 Å². The van der Waals surface area contributed by atoms with Gasteiger partial charge in [0.2, 0.25) is 0 Å². The normalized spacial score (nSPS) is 27.7. The molecule has 1 fully saturated rings. The zero-order chi connectivity index (χ0) is 10.1. The van der Waals surface area contributed by atoms with Gasteiger partial charge in [-0.1, -0.05) is 26.7 Å². The Morgan fingerprint density at radius 3 is 2.23 bits per heavy atom. The third-order valence-electron chi connectivity index (χ3n) is 2.69. The summed E-state index contributed by atoms with van der Waals surface area (Å²) in [6, 6.07) is 0. The quantitative estimate of drug-likeness (QED) is 0.668. The van der Waals surface area contributed by atoms with Crippen LogP contribution >= 0.6 is 0 Å². The van der Waals surface area contributed by atoms with Crippen LogP contribution in [-0.2, 0) is 4.74 Å². The molecule has 0 radical (unpaired) electrons. The third kappa shape index (κ3) is 3.28. The average molecular weight is 186 g/mol. The van der Waals surface area contributed by atoms with E-state index in [1.807, 2.05) is 13.8 Å². The molecule has 0 spiro atoms. The minimum absolute atomic E-state index is 0.0722. The molecule has 13 heavy (non-hydrogen) atoms. The molecule has 1 rings (SSSR count). The van der Waals surface area contributed by atoms with Crippen molar-refractivity contribution in [3.05, 3.63) is 0 Å². The van der Waals surface area contributed by atoms with E-state index in [-0.39, 0.29) is 17.8 Å². The standard InChI is InChI=1S/C11H22O2/c1-8(2)6-5-7-9(12)10-11(3,4)13-10/h8-10,12H,5-7H2,1-4H3/t9-,10?/m0/s1. The predicted molar refractivity (Wildman–Crippen MR) is 53.6 cm³/mol. The minimum atomic E-state index is -0.256. The van der Waals surface area contributed by atoms with Crippen molar-refractivity contribution < 1.29 is 9.84 Å². The van der Waals surface area contributed by atoms with Crippen LogP contribution < -0.4 is 0 Å². The Balaban J connectivity index is 2.09. The van der Waals surface area contributed by atoms with Gasteiger partial charge in [-0.15, -0.1) is 0 Å². The van der Waals surface area contributed by atoms with E-state index >= 15 is 0 Å². The van der Waals surface area contributed by atoms with Crippen LogP contribution in [0.3, 0.4) is 0 Å². The van der Waals surface area contributed by atoms with Gasteiger partial charge in [0.1, 0.15) is 6.10 Å². The molecular weight excluding hydrogens is 164 g/mol. The Morgan fingerprint density at radius 2 is 1.85 bits per heavy atom. The first-order valence-corrected chi connectivity index (χ1v) is 5.29. The van der Waals surface area contributed by atoms with Gasteiger partial charge < -0.3 is 9.84 Å². The highest BCUT2D eigenvalue weighted by Crippen LogP contribution is 2.38. The maximum atomic E-state index is 9.71. The number of hydrogen-bond acceptors (Lipinski definition) is 2. The molecule has 0 bridgehead atoms. The lowest BCUT2D eigenvalue weighted by molar-refractivity contribution is 0.122. The highest BCUT2D eigenvalue weighted by Gasteiger charge is 2.51. The molecule has 1 unspecified atom stereocenters. The van der Waals surface area contributed by atoms with Crippen LogP contribution in [0.15, 0.2) is 0 Å². The van der Waals surface area contributed by atoms with Gasteiger partial charge >= 0.3 is 0 Å².